The number of nitrogens with zero attached hydrogens (tertiary/aromatic N) is 1. The van der Waals surface area contributed by atoms with Gasteiger partial charge in [-0.05, 0) is 49.3 Å². The molecule has 0 spiro atoms. The number of ether oxygens (including phenoxy) is 1. The highest BCUT2D eigenvalue weighted by Gasteiger charge is 2.35. The second-order valence-electron chi connectivity index (χ2n) is 5.95. The van der Waals surface area contributed by atoms with Crippen molar-refractivity contribution in [2.24, 2.45) is 5.92 Å². The zero-order valence-corrected chi connectivity index (χ0v) is 12.7. The zero-order chi connectivity index (χ0) is 15.3. The molecule has 1 aliphatic carbocycles. The van der Waals surface area contributed by atoms with Crippen LogP contribution in [0.1, 0.15) is 38.2 Å². The first-order chi connectivity index (χ1) is 10.1. The van der Waals surface area contributed by atoms with Crippen LogP contribution >= 0.6 is 0 Å². The molecule has 0 aromatic heterocycles. The molecular weight excluding hydrogens is 264 g/mol. The molecule has 0 atom stereocenters. The predicted octanol–water partition coefficient (Wildman–Crippen LogP) is 2.83. The van der Waals surface area contributed by atoms with E-state index in [1.807, 2.05) is 24.3 Å². The molecule has 0 heterocycles. The number of hydrogen-bond donors (Lipinski definition) is 1. The molecule has 1 aromatic rings. The molecule has 1 aromatic carbocycles. The first kappa shape index (κ1) is 15.4. The van der Waals surface area contributed by atoms with E-state index >= 15 is 0 Å². The summed E-state index contributed by atoms with van der Waals surface area (Å²) >= 11 is 0. The number of amides is 1. The number of hydrogen-bond acceptors (Lipinski definition) is 3. The van der Waals surface area contributed by atoms with Crippen LogP contribution in [-0.4, -0.2) is 18.6 Å². The normalized spacial score (nSPS) is 24.9. The Morgan fingerprint density at radius 2 is 2.00 bits per heavy atom. The largest absolute Gasteiger partial charge is 0.497 e. The summed E-state index contributed by atoms with van der Waals surface area (Å²) in [6.07, 6.45) is 3.79. The summed E-state index contributed by atoms with van der Waals surface area (Å²) in [4.78, 5) is 12.2. The third kappa shape index (κ3) is 3.98. The van der Waals surface area contributed by atoms with Crippen molar-refractivity contribution in [1.82, 2.24) is 5.32 Å². The van der Waals surface area contributed by atoms with E-state index in [4.69, 9.17) is 4.74 Å². The molecular formula is C17H22N2O2. The molecule has 1 aliphatic rings. The van der Waals surface area contributed by atoms with Gasteiger partial charge in [-0.3, -0.25) is 4.79 Å². The predicted molar refractivity (Wildman–Crippen MR) is 80.8 cm³/mol. The van der Waals surface area contributed by atoms with Gasteiger partial charge in [0.05, 0.1) is 19.6 Å². The van der Waals surface area contributed by atoms with E-state index in [-0.39, 0.29) is 5.91 Å². The van der Waals surface area contributed by atoms with E-state index in [0.29, 0.717) is 12.3 Å². The van der Waals surface area contributed by atoms with Crippen LogP contribution < -0.4 is 10.1 Å². The first-order valence-corrected chi connectivity index (χ1v) is 7.42. The Kier molecular flexibility index (Phi) is 4.85. The molecule has 0 radical (unpaired) electrons. The Labute approximate surface area is 126 Å². The maximum atomic E-state index is 12.2. The molecule has 1 saturated carbocycles. The number of carbonyl (C=O) groups is 1. The lowest BCUT2D eigenvalue weighted by atomic mass is 9.78. The van der Waals surface area contributed by atoms with E-state index in [9.17, 15) is 10.1 Å². The number of methoxy groups -OCH3 is 1. The molecule has 112 valence electrons. The van der Waals surface area contributed by atoms with Gasteiger partial charge in [0, 0.05) is 0 Å². The van der Waals surface area contributed by atoms with Crippen molar-refractivity contribution in [3.63, 3.8) is 0 Å². The Hall–Kier alpha value is -2.02. The van der Waals surface area contributed by atoms with Crippen molar-refractivity contribution in [3.05, 3.63) is 29.8 Å². The maximum Gasteiger partial charge on any atom is 0.225 e. The SMILES string of the molecule is COc1ccc(CC(=O)NC2(C#N)CCC(C)CC2)cc1. The van der Waals surface area contributed by atoms with E-state index < -0.39 is 5.54 Å². The fourth-order valence-electron chi connectivity index (χ4n) is 2.76. The zero-order valence-electron chi connectivity index (χ0n) is 12.7. The average molecular weight is 286 g/mol. The van der Waals surface area contributed by atoms with Crippen molar-refractivity contribution >= 4 is 5.91 Å². The fourth-order valence-corrected chi connectivity index (χ4v) is 2.76. The highest BCUT2D eigenvalue weighted by molar-refractivity contribution is 5.79. The molecule has 2 rings (SSSR count). The van der Waals surface area contributed by atoms with Crippen molar-refractivity contribution < 1.29 is 9.53 Å². The third-order valence-electron chi connectivity index (χ3n) is 4.24. The summed E-state index contributed by atoms with van der Waals surface area (Å²) in [5.41, 5.74) is 0.251. The summed E-state index contributed by atoms with van der Waals surface area (Å²) in [5, 5.41) is 12.4. The van der Waals surface area contributed by atoms with Gasteiger partial charge in [-0.2, -0.15) is 5.26 Å². The highest BCUT2D eigenvalue weighted by Crippen LogP contribution is 2.31. The van der Waals surface area contributed by atoms with E-state index in [1.54, 1.807) is 7.11 Å². The quantitative estimate of drug-likeness (QED) is 0.925. The number of nitriles is 1. The Morgan fingerprint density at radius 3 is 2.52 bits per heavy atom. The number of rotatable bonds is 4. The molecule has 4 heteroatoms. The van der Waals surface area contributed by atoms with Gasteiger partial charge in [-0.1, -0.05) is 19.1 Å². The second kappa shape index (κ2) is 6.62. The van der Waals surface area contributed by atoms with Crippen LogP contribution in [0.15, 0.2) is 24.3 Å². The summed E-state index contributed by atoms with van der Waals surface area (Å²) in [6, 6.07) is 9.75. The highest BCUT2D eigenvalue weighted by atomic mass is 16.5. The van der Waals surface area contributed by atoms with Crippen LogP contribution in [0, 0.1) is 17.2 Å². The van der Waals surface area contributed by atoms with Gasteiger partial charge >= 0.3 is 0 Å². The minimum absolute atomic E-state index is 0.0868. The number of benzene rings is 1. The van der Waals surface area contributed by atoms with Crippen LogP contribution in [0.25, 0.3) is 0 Å². The number of nitrogens with one attached hydrogen (secondary N) is 1. The van der Waals surface area contributed by atoms with Gasteiger partial charge in [0.1, 0.15) is 11.3 Å². The summed E-state index contributed by atoms with van der Waals surface area (Å²) < 4.78 is 5.10. The molecule has 21 heavy (non-hydrogen) atoms. The minimum Gasteiger partial charge on any atom is -0.497 e. The van der Waals surface area contributed by atoms with Crippen molar-refractivity contribution in [1.29, 1.82) is 5.26 Å². The van der Waals surface area contributed by atoms with Crippen molar-refractivity contribution in [2.75, 3.05) is 7.11 Å². The fraction of sp³-hybridized carbons (Fsp3) is 0.529. The summed E-state index contributed by atoms with van der Waals surface area (Å²) in [7, 11) is 1.61. The Bertz CT molecular complexity index is 523. The minimum atomic E-state index is -0.671. The molecule has 0 bridgehead atoms. The molecule has 1 fully saturated rings. The maximum absolute atomic E-state index is 12.2. The first-order valence-electron chi connectivity index (χ1n) is 7.42. The van der Waals surface area contributed by atoms with Gasteiger partial charge in [0.15, 0.2) is 0 Å². The van der Waals surface area contributed by atoms with E-state index in [0.717, 1.165) is 37.0 Å². The number of carbonyl (C=O) groups excluding carboxylic acids is 1. The smallest absolute Gasteiger partial charge is 0.225 e. The molecule has 1 amide bonds. The van der Waals surface area contributed by atoms with Crippen LogP contribution in [0.3, 0.4) is 0 Å². The van der Waals surface area contributed by atoms with Crippen molar-refractivity contribution in [3.8, 4) is 11.8 Å². The molecule has 0 aliphatic heterocycles. The molecule has 0 unspecified atom stereocenters. The van der Waals surface area contributed by atoms with E-state index in [2.05, 4.69) is 18.3 Å². The molecule has 0 saturated heterocycles. The third-order valence-corrected chi connectivity index (χ3v) is 4.24. The lowest BCUT2D eigenvalue weighted by Crippen LogP contribution is -2.50. The Balaban J connectivity index is 1.95. The second-order valence-corrected chi connectivity index (χ2v) is 5.95. The standard InChI is InChI=1S/C17H22N2O2/c1-13-7-9-17(12-18,10-8-13)19-16(20)11-14-3-5-15(21-2)6-4-14/h3-6,13H,7-11H2,1-2H3,(H,19,20). The van der Waals surface area contributed by atoms with Gasteiger partial charge in [-0.25, -0.2) is 0 Å². The van der Waals surface area contributed by atoms with Crippen LogP contribution in [0.4, 0.5) is 0 Å². The van der Waals surface area contributed by atoms with Crippen molar-refractivity contribution in [2.45, 2.75) is 44.6 Å². The average Bonchev–Trinajstić information content (AvgIpc) is 2.50. The van der Waals surface area contributed by atoms with Gasteiger partial charge in [0.2, 0.25) is 5.91 Å². The van der Waals surface area contributed by atoms with Gasteiger partial charge in [-0.15, -0.1) is 0 Å². The molecule has 4 nitrogen and oxygen atoms in total. The Morgan fingerprint density at radius 1 is 1.38 bits per heavy atom. The molecule has 1 N–H and O–H groups in total. The van der Waals surface area contributed by atoms with Crippen LogP contribution in [0.2, 0.25) is 0 Å². The van der Waals surface area contributed by atoms with Crippen LogP contribution in [0.5, 0.6) is 5.75 Å². The topological polar surface area (TPSA) is 62.1 Å². The van der Waals surface area contributed by atoms with E-state index in [1.165, 1.54) is 0 Å². The summed E-state index contributed by atoms with van der Waals surface area (Å²) in [6.45, 7) is 2.19. The van der Waals surface area contributed by atoms with Crippen LogP contribution in [-0.2, 0) is 11.2 Å². The lowest BCUT2D eigenvalue weighted by molar-refractivity contribution is -0.122. The summed E-state index contributed by atoms with van der Waals surface area (Å²) in [5.74, 6) is 1.33. The van der Waals surface area contributed by atoms with Gasteiger partial charge in [0.25, 0.3) is 0 Å². The van der Waals surface area contributed by atoms with Gasteiger partial charge < -0.3 is 10.1 Å². The monoisotopic (exact) mass is 286 g/mol. The lowest BCUT2D eigenvalue weighted by Gasteiger charge is -2.34.